The molecule has 2 aromatic carbocycles. The Labute approximate surface area is 224 Å². The summed E-state index contributed by atoms with van der Waals surface area (Å²) >= 11 is 6.25. The number of allylic oxidation sites excluding steroid dienone is 1. The van der Waals surface area contributed by atoms with Crippen molar-refractivity contribution in [3.05, 3.63) is 89.0 Å². The van der Waals surface area contributed by atoms with Gasteiger partial charge in [0.05, 0.1) is 28.5 Å². The molecular formula is C26H23BrN2O5S2. The molecule has 0 saturated heterocycles. The molecule has 1 atom stereocenters. The topological polar surface area (TPSA) is 87.0 Å². The van der Waals surface area contributed by atoms with Crippen molar-refractivity contribution >= 4 is 57.0 Å². The minimum atomic E-state index is -0.686. The molecule has 1 aliphatic rings. The summed E-state index contributed by atoms with van der Waals surface area (Å²) in [6.07, 6.45) is 3.66. The number of benzene rings is 2. The second-order valence-corrected chi connectivity index (χ2v) is 10.7. The van der Waals surface area contributed by atoms with Gasteiger partial charge in [-0.1, -0.05) is 39.4 Å². The van der Waals surface area contributed by atoms with Crippen LogP contribution in [0.15, 0.2) is 72.9 Å². The highest BCUT2D eigenvalue weighted by Crippen LogP contribution is 2.32. The molecule has 186 valence electrons. The molecule has 4 rings (SSSR count). The average molecular weight is 588 g/mol. The highest BCUT2D eigenvalue weighted by atomic mass is 79.9. The van der Waals surface area contributed by atoms with Crippen molar-refractivity contribution in [1.82, 2.24) is 4.57 Å². The Morgan fingerprint density at radius 2 is 1.94 bits per heavy atom. The molecule has 0 fully saturated rings. The lowest BCUT2D eigenvalue weighted by Crippen LogP contribution is -2.39. The van der Waals surface area contributed by atoms with Crippen LogP contribution in [0.1, 0.15) is 37.9 Å². The molecule has 2 heterocycles. The maximum absolute atomic E-state index is 13.8. The van der Waals surface area contributed by atoms with E-state index in [9.17, 15) is 14.4 Å². The van der Waals surface area contributed by atoms with Gasteiger partial charge in [-0.2, -0.15) is 0 Å². The van der Waals surface area contributed by atoms with Gasteiger partial charge in [0.2, 0.25) is 0 Å². The smallest absolute Gasteiger partial charge is 0.338 e. The molecule has 0 unspecified atom stereocenters. The van der Waals surface area contributed by atoms with Gasteiger partial charge in [-0.05, 0) is 62.1 Å². The van der Waals surface area contributed by atoms with Gasteiger partial charge >= 0.3 is 11.9 Å². The van der Waals surface area contributed by atoms with Gasteiger partial charge in [0.15, 0.2) is 4.80 Å². The summed E-state index contributed by atoms with van der Waals surface area (Å²) in [5, 5.41) is 0. The zero-order valence-electron chi connectivity index (χ0n) is 20.0. The molecule has 0 saturated carbocycles. The molecule has 0 amide bonds. The Morgan fingerprint density at radius 3 is 2.58 bits per heavy atom. The summed E-state index contributed by atoms with van der Waals surface area (Å²) < 4.78 is 13.4. The fourth-order valence-electron chi connectivity index (χ4n) is 3.91. The molecule has 7 nitrogen and oxygen atoms in total. The number of halogens is 1. The number of carbonyl (C=O) groups is 2. The number of thiazole rings is 1. The minimum Gasteiger partial charge on any atom is -0.463 e. The first kappa shape index (κ1) is 26.1. The van der Waals surface area contributed by atoms with Crippen LogP contribution in [0.3, 0.4) is 0 Å². The van der Waals surface area contributed by atoms with Crippen molar-refractivity contribution in [1.29, 1.82) is 0 Å². The number of fused-ring (bicyclic) bond motifs is 1. The van der Waals surface area contributed by atoms with E-state index in [0.29, 0.717) is 31.9 Å². The van der Waals surface area contributed by atoms with Gasteiger partial charge in [-0.3, -0.25) is 14.2 Å². The van der Waals surface area contributed by atoms with Crippen LogP contribution in [0.25, 0.3) is 6.08 Å². The number of aromatic nitrogens is 1. The van der Waals surface area contributed by atoms with Crippen LogP contribution >= 0.6 is 39.0 Å². The monoisotopic (exact) mass is 586 g/mol. The van der Waals surface area contributed by atoms with Gasteiger partial charge in [-0.25, -0.2) is 9.79 Å². The largest absolute Gasteiger partial charge is 0.463 e. The maximum atomic E-state index is 13.8. The summed E-state index contributed by atoms with van der Waals surface area (Å²) in [7, 11) is 0. The van der Waals surface area contributed by atoms with Crippen LogP contribution in [0.5, 0.6) is 5.75 Å². The maximum Gasteiger partial charge on any atom is 0.338 e. The van der Waals surface area contributed by atoms with E-state index in [4.69, 9.17) is 9.47 Å². The van der Waals surface area contributed by atoms with E-state index in [1.165, 1.54) is 22.8 Å². The first-order valence-corrected chi connectivity index (χ1v) is 13.9. The van der Waals surface area contributed by atoms with Crippen LogP contribution in [0.2, 0.25) is 0 Å². The van der Waals surface area contributed by atoms with Crippen molar-refractivity contribution in [2.45, 2.75) is 31.7 Å². The van der Waals surface area contributed by atoms with Crippen LogP contribution < -0.4 is 19.6 Å². The highest BCUT2D eigenvalue weighted by molar-refractivity contribution is 9.10. The van der Waals surface area contributed by atoms with Crippen LogP contribution in [-0.2, 0) is 14.3 Å². The fraction of sp³-hybridized carbons (Fsp3) is 0.231. The lowest BCUT2D eigenvalue weighted by atomic mass is 9.96. The predicted molar refractivity (Wildman–Crippen MR) is 144 cm³/mol. The average Bonchev–Trinajstić information content (AvgIpc) is 3.14. The number of thioether (sulfide) groups is 1. The lowest BCUT2D eigenvalue weighted by molar-refractivity contribution is -0.139. The van der Waals surface area contributed by atoms with Crippen LogP contribution in [0, 0.1) is 0 Å². The Balaban J connectivity index is 1.95. The van der Waals surface area contributed by atoms with Gasteiger partial charge in [0.25, 0.3) is 5.56 Å². The number of esters is 2. The van der Waals surface area contributed by atoms with Crippen molar-refractivity contribution in [3.63, 3.8) is 0 Å². The normalized spacial score (nSPS) is 15.4. The third-order valence-electron chi connectivity index (χ3n) is 5.46. The summed E-state index contributed by atoms with van der Waals surface area (Å²) in [6, 6.07) is 12.2. The number of nitrogens with zero attached hydrogens (tertiary/aromatic N) is 2. The molecule has 36 heavy (non-hydrogen) atoms. The Morgan fingerprint density at radius 1 is 1.22 bits per heavy atom. The van der Waals surface area contributed by atoms with E-state index in [1.54, 1.807) is 49.9 Å². The number of rotatable bonds is 6. The van der Waals surface area contributed by atoms with Crippen LogP contribution in [-0.4, -0.2) is 29.4 Å². The summed E-state index contributed by atoms with van der Waals surface area (Å²) in [6.45, 7) is 5.02. The quantitative estimate of drug-likeness (QED) is 0.244. The van der Waals surface area contributed by atoms with Crippen molar-refractivity contribution in [3.8, 4) is 5.75 Å². The number of ether oxygens (including phenoxy) is 2. The first-order chi connectivity index (χ1) is 17.2. The molecule has 0 radical (unpaired) electrons. The summed E-state index contributed by atoms with van der Waals surface area (Å²) in [5.74, 6) is -0.628. The second kappa shape index (κ2) is 11.0. The minimum absolute atomic E-state index is 0.208. The van der Waals surface area contributed by atoms with Gasteiger partial charge in [-0.15, -0.1) is 11.8 Å². The van der Waals surface area contributed by atoms with E-state index in [0.717, 1.165) is 14.9 Å². The molecular weight excluding hydrogens is 564 g/mol. The number of carbonyl (C=O) groups excluding carboxylic acids is 2. The van der Waals surface area contributed by atoms with E-state index in [1.807, 2.05) is 30.5 Å². The van der Waals surface area contributed by atoms with Crippen molar-refractivity contribution in [2.75, 3.05) is 12.9 Å². The standard InChI is InChI=1S/C26H23BrN2O5S2/c1-5-33-25(32)22-14(2)28-26-29(23(22)16-6-9-19(35-4)10-7-16)24(31)21(36-26)13-17-12-18(27)8-11-20(17)34-15(3)30/h6-13,23H,5H2,1-4H3/b21-13-/t23-/m1/s1. The van der Waals surface area contributed by atoms with E-state index >= 15 is 0 Å². The van der Waals surface area contributed by atoms with Gasteiger partial charge in [0, 0.05) is 21.9 Å². The molecule has 3 aromatic rings. The lowest BCUT2D eigenvalue weighted by Gasteiger charge is -2.24. The fourth-order valence-corrected chi connectivity index (χ4v) is 5.74. The van der Waals surface area contributed by atoms with E-state index in [2.05, 4.69) is 20.9 Å². The Bertz CT molecular complexity index is 1550. The molecule has 0 spiro atoms. The molecule has 1 aliphatic heterocycles. The van der Waals surface area contributed by atoms with E-state index in [-0.39, 0.29) is 12.2 Å². The predicted octanol–water partition coefficient (Wildman–Crippen LogP) is 4.21. The van der Waals surface area contributed by atoms with E-state index < -0.39 is 18.0 Å². The van der Waals surface area contributed by atoms with Gasteiger partial charge in [0.1, 0.15) is 5.75 Å². The molecule has 0 aliphatic carbocycles. The molecule has 1 aromatic heterocycles. The molecule has 10 heteroatoms. The van der Waals surface area contributed by atoms with Crippen molar-refractivity contribution < 1.29 is 19.1 Å². The first-order valence-electron chi connectivity index (χ1n) is 11.0. The summed E-state index contributed by atoms with van der Waals surface area (Å²) in [4.78, 5) is 44.5. The number of hydrogen-bond donors (Lipinski definition) is 0. The van der Waals surface area contributed by atoms with Gasteiger partial charge < -0.3 is 9.47 Å². The summed E-state index contributed by atoms with van der Waals surface area (Å²) in [5.41, 5.74) is 1.87. The van der Waals surface area contributed by atoms with Crippen molar-refractivity contribution in [2.24, 2.45) is 4.99 Å². The molecule has 0 N–H and O–H groups in total. The third-order valence-corrected chi connectivity index (χ3v) is 7.68. The number of hydrogen-bond acceptors (Lipinski definition) is 8. The molecule has 0 bridgehead atoms. The SMILES string of the molecule is CCOC(=O)C1=C(C)N=c2s/c(=C\c3cc(Br)ccc3OC(C)=O)c(=O)n2[C@@H]1c1ccc(SC)cc1. The highest BCUT2D eigenvalue weighted by Gasteiger charge is 2.33. The Hall–Kier alpha value is -2.95. The third kappa shape index (κ3) is 5.25. The van der Waals surface area contributed by atoms with Crippen LogP contribution in [0.4, 0.5) is 0 Å². The second-order valence-electron chi connectivity index (χ2n) is 7.85. The zero-order chi connectivity index (χ0) is 26.0. The zero-order valence-corrected chi connectivity index (χ0v) is 23.3. The Kier molecular flexibility index (Phi) is 7.97.